The predicted octanol–water partition coefficient (Wildman–Crippen LogP) is 1.88. The molecule has 1 aromatic heterocycles. The van der Waals surface area contributed by atoms with Gasteiger partial charge in [0.25, 0.3) is 0 Å². The Labute approximate surface area is 100.0 Å². The van der Waals surface area contributed by atoms with Crippen molar-refractivity contribution < 1.29 is 4.39 Å². The van der Waals surface area contributed by atoms with E-state index in [1.54, 1.807) is 4.68 Å². The molecule has 1 aliphatic heterocycles. The first-order valence-corrected chi connectivity index (χ1v) is 6.03. The fourth-order valence-corrected chi connectivity index (χ4v) is 2.54. The van der Waals surface area contributed by atoms with Crippen LogP contribution in [-0.2, 0) is 19.9 Å². The first-order chi connectivity index (χ1) is 7.56. The van der Waals surface area contributed by atoms with E-state index in [4.69, 9.17) is 11.6 Å². The van der Waals surface area contributed by atoms with Gasteiger partial charge in [0, 0.05) is 20.0 Å². The lowest BCUT2D eigenvalue weighted by Crippen LogP contribution is -2.29. The van der Waals surface area contributed by atoms with Crippen LogP contribution in [0.25, 0.3) is 0 Å². The summed E-state index contributed by atoms with van der Waals surface area (Å²) in [4.78, 5) is 0. The van der Waals surface area contributed by atoms with Crippen molar-refractivity contribution in [3.8, 4) is 0 Å². The molecule has 0 bridgehead atoms. The Balaban J connectivity index is 2.23. The Bertz CT molecular complexity index is 383. The molecule has 1 aromatic rings. The number of nitrogens with zero attached hydrogens (tertiary/aromatic N) is 2. The van der Waals surface area contributed by atoms with E-state index in [0.717, 1.165) is 24.4 Å². The van der Waals surface area contributed by atoms with Crippen molar-refractivity contribution >= 4 is 11.6 Å². The van der Waals surface area contributed by atoms with E-state index >= 15 is 0 Å². The van der Waals surface area contributed by atoms with Crippen molar-refractivity contribution in [1.29, 1.82) is 0 Å². The van der Waals surface area contributed by atoms with Gasteiger partial charge in [0.1, 0.15) is 5.67 Å². The van der Waals surface area contributed by atoms with E-state index in [1.165, 1.54) is 0 Å². The second-order valence-corrected chi connectivity index (χ2v) is 4.82. The minimum Gasteiger partial charge on any atom is -0.313 e. The molecule has 0 aliphatic carbocycles. The lowest BCUT2D eigenvalue weighted by Gasteiger charge is -2.18. The predicted molar refractivity (Wildman–Crippen MR) is 62.6 cm³/mol. The lowest BCUT2D eigenvalue weighted by molar-refractivity contribution is 0.187. The minimum atomic E-state index is -1.16. The molecular formula is C11H17ClFN3. The molecular weight excluding hydrogens is 229 g/mol. The zero-order valence-corrected chi connectivity index (χ0v) is 10.4. The fraction of sp³-hybridized carbons (Fsp3) is 0.727. The van der Waals surface area contributed by atoms with Crippen LogP contribution in [0.15, 0.2) is 0 Å². The van der Waals surface area contributed by atoms with Crippen molar-refractivity contribution in [2.75, 3.05) is 13.1 Å². The molecule has 0 amide bonds. The molecule has 2 rings (SSSR count). The normalized spacial score (nSPS) is 25.2. The number of halogens is 2. The van der Waals surface area contributed by atoms with Crippen molar-refractivity contribution in [3.63, 3.8) is 0 Å². The summed E-state index contributed by atoms with van der Waals surface area (Å²) in [6.45, 7) is 3.16. The van der Waals surface area contributed by atoms with Crippen LogP contribution in [-0.4, -0.2) is 28.5 Å². The highest BCUT2D eigenvalue weighted by Gasteiger charge is 2.35. The molecule has 0 radical (unpaired) electrons. The third kappa shape index (κ3) is 2.09. The summed E-state index contributed by atoms with van der Waals surface area (Å²) in [6.07, 6.45) is 1.68. The van der Waals surface area contributed by atoms with Crippen molar-refractivity contribution in [2.24, 2.45) is 7.05 Å². The summed E-state index contributed by atoms with van der Waals surface area (Å²) in [6, 6.07) is 0. The third-order valence-corrected chi connectivity index (χ3v) is 3.62. The largest absolute Gasteiger partial charge is 0.313 e. The summed E-state index contributed by atoms with van der Waals surface area (Å²) >= 11 is 6.20. The highest BCUT2D eigenvalue weighted by atomic mass is 35.5. The number of alkyl halides is 1. The average molecular weight is 246 g/mol. The van der Waals surface area contributed by atoms with Gasteiger partial charge in [-0.1, -0.05) is 18.5 Å². The zero-order valence-electron chi connectivity index (χ0n) is 9.69. The van der Waals surface area contributed by atoms with Crippen LogP contribution in [0.4, 0.5) is 4.39 Å². The van der Waals surface area contributed by atoms with Gasteiger partial charge in [-0.25, -0.2) is 4.39 Å². The molecule has 1 saturated heterocycles. The van der Waals surface area contributed by atoms with Crippen LogP contribution in [0.5, 0.6) is 0 Å². The average Bonchev–Trinajstić information content (AvgIpc) is 2.78. The molecule has 1 fully saturated rings. The number of aryl methyl sites for hydroxylation is 2. The maximum atomic E-state index is 14.3. The molecule has 1 unspecified atom stereocenters. The van der Waals surface area contributed by atoms with Crippen LogP contribution < -0.4 is 5.32 Å². The minimum absolute atomic E-state index is 0.350. The highest BCUT2D eigenvalue weighted by molar-refractivity contribution is 6.31. The Morgan fingerprint density at radius 1 is 1.62 bits per heavy atom. The van der Waals surface area contributed by atoms with E-state index in [-0.39, 0.29) is 0 Å². The van der Waals surface area contributed by atoms with Gasteiger partial charge in [-0.05, 0) is 19.4 Å². The summed E-state index contributed by atoms with van der Waals surface area (Å²) in [5.41, 5.74) is 0.501. The van der Waals surface area contributed by atoms with Gasteiger partial charge < -0.3 is 5.32 Å². The summed E-state index contributed by atoms with van der Waals surface area (Å²) < 4.78 is 16.0. The molecule has 0 spiro atoms. The molecule has 2 heterocycles. The number of hydrogen-bond donors (Lipinski definition) is 1. The third-order valence-electron chi connectivity index (χ3n) is 3.18. The molecule has 3 nitrogen and oxygen atoms in total. The van der Waals surface area contributed by atoms with Gasteiger partial charge in [0.15, 0.2) is 0 Å². The zero-order chi connectivity index (χ0) is 11.8. The van der Waals surface area contributed by atoms with E-state index < -0.39 is 5.67 Å². The second kappa shape index (κ2) is 4.34. The Hall–Kier alpha value is -0.610. The van der Waals surface area contributed by atoms with E-state index in [2.05, 4.69) is 10.4 Å². The van der Waals surface area contributed by atoms with Crippen LogP contribution >= 0.6 is 11.6 Å². The van der Waals surface area contributed by atoms with Crippen LogP contribution in [0.2, 0.25) is 5.02 Å². The second-order valence-electron chi connectivity index (χ2n) is 4.44. The van der Waals surface area contributed by atoms with E-state index in [9.17, 15) is 4.39 Å². The maximum absolute atomic E-state index is 14.3. The van der Waals surface area contributed by atoms with Gasteiger partial charge in [-0.15, -0.1) is 0 Å². The van der Waals surface area contributed by atoms with E-state index in [1.807, 2.05) is 14.0 Å². The Kier molecular flexibility index (Phi) is 3.22. The molecule has 0 saturated carbocycles. The highest BCUT2D eigenvalue weighted by Crippen LogP contribution is 2.29. The number of rotatable bonds is 3. The summed E-state index contributed by atoms with van der Waals surface area (Å²) in [5.74, 6) is 0. The molecule has 90 valence electrons. The van der Waals surface area contributed by atoms with Crippen LogP contribution in [0, 0.1) is 0 Å². The van der Waals surface area contributed by atoms with Gasteiger partial charge in [0.2, 0.25) is 0 Å². The van der Waals surface area contributed by atoms with Crippen molar-refractivity contribution in [3.05, 3.63) is 16.4 Å². The monoisotopic (exact) mass is 245 g/mol. The number of aromatic nitrogens is 2. The van der Waals surface area contributed by atoms with Crippen molar-refractivity contribution in [1.82, 2.24) is 15.1 Å². The SMILES string of the molecule is CCc1nn(C)c(CC2(F)CCNC2)c1Cl. The van der Waals surface area contributed by atoms with Crippen LogP contribution in [0.1, 0.15) is 24.7 Å². The Morgan fingerprint density at radius 3 is 2.88 bits per heavy atom. The summed E-state index contributed by atoms with van der Waals surface area (Å²) in [5, 5.41) is 7.98. The van der Waals surface area contributed by atoms with Gasteiger partial charge in [0.05, 0.1) is 16.4 Å². The molecule has 0 aromatic carbocycles. The van der Waals surface area contributed by atoms with E-state index in [0.29, 0.717) is 24.4 Å². The van der Waals surface area contributed by atoms with Gasteiger partial charge in [-0.2, -0.15) is 5.10 Å². The number of nitrogens with one attached hydrogen (secondary N) is 1. The quantitative estimate of drug-likeness (QED) is 0.881. The fourth-order valence-electron chi connectivity index (χ4n) is 2.18. The first-order valence-electron chi connectivity index (χ1n) is 5.65. The molecule has 5 heteroatoms. The smallest absolute Gasteiger partial charge is 0.130 e. The number of hydrogen-bond acceptors (Lipinski definition) is 2. The molecule has 1 aliphatic rings. The summed E-state index contributed by atoms with van der Waals surface area (Å²) in [7, 11) is 1.83. The van der Waals surface area contributed by atoms with Gasteiger partial charge >= 0.3 is 0 Å². The maximum Gasteiger partial charge on any atom is 0.130 e. The standard InChI is InChI=1S/C11H17ClFN3/c1-3-8-10(12)9(16(2)15-8)6-11(13)4-5-14-7-11/h14H,3-7H2,1-2H3. The van der Waals surface area contributed by atoms with Crippen molar-refractivity contribution in [2.45, 2.75) is 31.9 Å². The van der Waals surface area contributed by atoms with Crippen LogP contribution in [0.3, 0.4) is 0 Å². The molecule has 16 heavy (non-hydrogen) atoms. The van der Waals surface area contributed by atoms with Gasteiger partial charge in [-0.3, -0.25) is 4.68 Å². The Morgan fingerprint density at radius 2 is 2.38 bits per heavy atom. The molecule has 1 N–H and O–H groups in total. The lowest BCUT2D eigenvalue weighted by atomic mass is 9.98. The topological polar surface area (TPSA) is 29.9 Å². The first kappa shape index (κ1) is 11.9. The molecule has 1 atom stereocenters.